The highest BCUT2D eigenvalue weighted by Crippen LogP contribution is 2.23. The van der Waals surface area contributed by atoms with Gasteiger partial charge in [-0.15, -0.1) is 0 Å². The maximum absolute atomic E-state index is 13.6. The highest BCUT2D eigenvalue weighted by molar-refractivity contribution is 6.04. The Morgan fingerprint density at radius 3 is 2.13 bits per heavy atom. The predicted molar refractivity (Wildman–Crippen MR) is 120 cm³/mol. The molecule has 0 aliphatic carbocycles. The van der Waals surface area contributed by atoms with E-state index >= 15 is 0 Å². The van der Waals surface area contributed by atoms with E-state index in [1.165, 1.54) is 12.1 Å². The molecule has 0 radical (unpaired) electrons. The van der Waals surface area contributed by atoms with E-state index in [9.17, 15) is 14.0 Å². The van der Waals surface area contributed by atoms with E-state index in [-0.39, 0.29) is 23.6 Å². The molecule has 0 spiro atoms. The zero-order chi connectivity index (χ0) is 22.4. The molecule has 0 aliphatic heterocycles. The highest BCUT2D eigenvalue weighted by Gasteiger charge is 2.14. The monoisotopic (exact) mass is 420 g/mol. The molecule has 2 amide bonds. The second-order valence-corrected chi connectivity index (χ2v) is 8.12. The zero-order valence-electron chi connectivity index (χ0n) is 17.7. The first-order chi connectivity index (χ1) is 14.7. The van der Waals surface area contributed by atoms with Crippen LogP contribution in [0.3, 0.4) is 0 Å². The Kier molecular flexibility index (Phi) is 6.70. The van der Waals surface area contributed by atoms with Crippen LogP contribution in [-0.4, -0.2) is 18.4 Å². The van der Waals surface area contributed by atoms with Crippen LogP contribution in [0.25, 0.3) is 0 Å². The Labute approximate surface area is 181 Å². The van der Waals surface area contributed by atoms with Gasteiger partial charge >= 0.3 is 0 Å². The van der Waals surface area contributed by atoms with Gasteiger partial charge in [-0.25, -0.2) is 4.39 Å². The maximum atomic E-state index is 13.6. The van der Waals surface area contributed by atoms with Gasteiger partial charge in [0.15, 0.2) is 6.61 Å². The largest absolute Gasteiger partial charge is 0.484 e. The third-order valence-corrected chi connectivity index (χ3v) is 4.64. The Morgan fingerprint density at radius 1 is 0.871 bits per heavy atom. The molecule has 160 valence electrons. The van der Waals surface area contributed by atoms with Crippen LogP contribution in [0.2, 0.25) is 0 Å². The van der Waals surface area contributed by atoms with Gasteiger partial charge < -0.3 is 15.4 Å². The van der Waals surface area contributed by atoms with Crippen molar-refractivity contribution in [2.75, 3.05) is 17.2 Å². The lowest BCUT2D eigenvalue weighted by Crippen LogP contribution is -2.20. The van der Waals surface area contributed by atoms with Crippen molar-refractivity contribution in [2.45, 2.75) is 26.2 Å². The predicted octanol–water partition coefficient (Wildman–Crippen LogP) is 5.39. The number of hydrogen-bond acceptors (Lipinski definition) is 3. The van der Waals surface area contributed by atoms with Crippen molar-refractivity contribution in [3.63, 3.8) is 0 Å². The summed E-state index contributed by atoms with van der Waals surface area (Å²) in [5.74, 6) is -0.736. The fourth-order valence-electron chi connectivity index (χ4n) is 2.86. The van der Waals surface area contributed by atoms with Crippen molar-refractivity contribution in [2.24, 2.45) is 0 Å². The standard InChI is InChI=1S/C25H25FN2O3/c1-25(2,3)18-10-8-17(9-11-18)24(30)27-19-12-14-20(15-13-19)31-16-23(29)28-22-7-5-4-6-21(22)26/h4-15H,16H2,1-3H3,(H,27,30)(H,28,29). The Morgan fingerprint density at radius 2 is 1.52 bits per heavy atom. The molecular weight excluding hydrogens is 395 g/mol. The average Bonchev–Trinajstić information content (AvgIpc) is 2.74. The summed E-state index contributed by atoms with van der Waals surface area (Å²) in [5.41, 5.74) is 2.46. The number of amides is 2. The minimum absolute atomic E-state index is 0.0248. The first-order valence-electron chi connectivity index (χ1n) is 9.91. The van der Waals surface area contributed by atoms with Gasteiger partial charge in [-0.1, -0.05) is 45.0 Å². The number of hydrogen-bond donors (Lipinski definition) is 2. The van der Waals surface area contributed by atoms with E-state index in [1.54, 1.807) is 36.4 Å². The second-order valence-electron chi connectivity index (χ2n) is 8.12. The lowest BCUT2D eigenvalue weighted by molar-refractivity contribution is -0.118. The van der Waals surface area contributed by atoms with Gasteiger partial charge in [0.2, 0.25) is 0 Å². The highest BCUT2D eigenvalue weighted by atomic mass is 19.1. The molecule has 3 rings (SSSR count). The molecule has 5 nitrogen and oxygen atoms in total. The van der Waals surface area contributed by atoms with Crippen LogP contribution in [0.4, 0.5) is 15.8 Å². The van der Waals surface area contributed by atoms with E-state index in [0.29, 0.717) is 17.0 Å². The number of ether oxygens (including phenoxy) is 1. The third-order valence-electron chi connectivity index (χ3n) is 4.64. The molecule has 3 aromatic rings. The van der Waals surface area contributed by atoms with Gasteiger partial charge in [-0.05, 0) is 59.5 Å². The van der Waals surface area contributed by atoms with Crippen LogP contribution in [0.15, 0.2) is 72.8 Å². The van der Waals surface area contributed by atoms with E-state index in [2.05, 4.69) is 31.4 Å². The Hall–Kier alpha value is -3.67. The van der Waals surface area contributed by atoms with Crippen molar-refractivity contribution >= 4 is 23.2 Å². The third kappa shape index (κ3) is 6.15. The lowest BCUT2D eigenvalue weighted by atomic mass is 9.87. The Bertz CT molecular complexity index is 1060. The molecule has 0 bridgehead atoms. The van der Waals surface area contributed by atoms with Crippen molar-refractivity contribution in [3.05, 3.63) is 89.7 Å². The number of anilines is 2. The summed E-state index contributed by atoms with van der Waals surface area (Å²) < 4.78 is 19.0. The van der Waals surface area contributed by atoms with Gasteiger partial charge in [-0.2, -0.15) is 0 Å². The maximum Gasteiger partial charge on any atom is 0.262 e. The fourth-order valence-corrected chi connectivity index (χ4v) is 2.86. The molecule has 3 aromatic carbocycles. The van der Waals surface area contributed by atoms with Crippen LogP contribution < -0.4 is 15.4 Å². The zero-order valence-corrected chi connectivity index (χ0v) is 17.7. The number of para-hydroxylation sites is 1. The van der Waals surface area contributed by atoms with Crippen molar-refractivity contribution in [3.8, 4) is 5.75 Å². The number of rotatable bonds is 6. The minimum Gasteiger partial charge on any atom is -0.484 e. The molecule has 6 heteroatoms. The SMILES string of the molecule is CC(C)(C)c1ccc(C(=O)Nc2ccc(OCC(=O)Nc3ccccc3F)cc2)cc1. The summed E-state index contributed by atoms with van der Waals surface area (Å²) in [5, 5.41) is 5.29. The van der Waals surface area contributed by atoms with Crippen LogP contribution in [0.1, 0.15) is 36.7 Å². The number of nitrogens with one attached hydrogen (secondary N) is 2. The number of halogens is 1. The quantitative estimate of drug-likeness (QED) is 0.562. The van der Waals surface area contributed by atoms with Crippen molar-refractivity contribution in [1.29, 1.82) is 0 Å². The average molecular weight is 420 g/mol. The fraction of sp³-hybridized carbons (Fsp3) is 0.200. The summed E-state index contributed by atoms with van der Waals surface area (Å²) in [7, 11) is 0. The van der Waals surface area contributed by atoms with E-state index in [1.807, 2.05) is 24.3 Å². The molecule has 31 heavy (non-hydrogen) atoms. The second kappa shape index (κ2) is 9.43. The van der Waals surface area contributed by atoms with Crippen molar-refractivity contribution in [1.82, 2.24) is 0 Å². The van der Waals surface area contributed by atoms with Gasteiger partial charge in [0.05, 0.1) is 5.69 Å². The van der Waals surface area contributed by atoms with Gasteiger partial charge in [0.1, 0.15) is 11.6 Å². The molecule has 0 unspecified atom stereocenters. The first kappa shape index (κ1) is 22.0. The lowest BCUT2D eigenvalue weighted by Gasteiger charge is -2.19. The minimum atomic E-state index is -0.510. The van der Waals surface area contributed by atoms with Crippen LogP contribution in [0.5, 0.6) is 5.75 Å². The first-order valence-corrected chi connectivity index (χ1v) is 9.91. The topological polar surface area (TPSA) is 67.4 Å². The van der Waals surface area contributed by atoms with Gasteiger partial charge in [-0.3, -0.25) is 9.59 Å². The van der Waals surface area contributed by atoms with Gasteiger partial charge in [0, 0.05) is 11.3 Å². The summed E-state index contributed by atoms with van der Waals surface area (Å²) >= 11 is 0. The Balaban J connectivity index is 1.52. The summed E-state index contributed by atoms with van der Waals surface area (Å²) in [6.45, 7) is 6.10. The molecule has 2 N–H and O–H groups in total. The molecule has 0 aliphatic rings. The molecule has 0 saturated heterocycles. The molecular formula is C25H25FN2O3. The summed E-state index contributed by atoms with van der Waals surface area (Å²) in [6.07, 6.45) is 0. The number of carbonyl (C=O) groups excluding carboxylic acids is 2. The van der Waals surface area contributed by atoms with E-state index < -0.39 is 11.7 Å². The molecule has 0 heterocycles. The van der Waals surface area contributed by atoms with Crippen LogP contribution >= 0.6 is 0 Å². The molecule has 0 atom stereocenters. The van der Waals surface area contributed by atoms with Crippen LogP contribution in [0, 0.1) is 5.82 Å². The molecule has 0 aromatic heterocycles. The van der Waals surface area contributed by atoms with E-state index in [4.69, 9.17) is 4.74 Å². The summed E-state index contributed by atoms with van der Waals surface area (Å²) in [4.78, 5) is 24.4. The summed E-state index contributed by atoms with van der Waals surface area (Å²) in [6, 6.07) is 20.1. The molecule has 0 fully saturated rings. The molecule has 0 saturated carbocycles. The smallest absolute Gasteiger partial charge is 0.262 e. The van der Waals surface area contributed by atoms with Crippen molar-refractivity contribution < 1.29 is 18.7 Å². The number of carbonyl (C=O) groups is 2. The number of benzene rings is 3. The van der Waals surface area contributed by atoms with Crippen LogP contribution in [-0.2, 0) is 10.2 Å². The van der Waals surface area contributed by atoms with E-state index in [0.717, 1.165) is 5.56 Å². The normalized spacial score (nSPS) is 11.0. The van der Waals surface area contributed by atoms with Gasteiger partial charge in [0.25, 0.3) is 11.8 Å².